The number of pyridine rings is 1. The van der Waals surface area contributed by atoms with Gasteiger partial charge in [0.2, 0.25) is 0 Å². The summed E-state index contributed by atoms with van der Waals surface area (Å²) in [6, 6.07) is 6.82. The zero-order valence-corrected chi connectivity index (χ0v) is 27.6. The maximum absolute atomic E-state index is 2.54. The summed E-state index contributed by atoms with van der Waals surface area (Å²) in [5.74, 6) is 0. The summed E-state index contributed by atoms with van der Waals surface area (Å²) in [7, 11) is 0. The number of aromatic nitrogens is 1. The highest BCUT2D eigenvalue weighted by Gasteiger charge is 2.08. The van der Waals surface area contributed by atoms with Gasteiger partial charge in [-0.2, -0.15) is 0 Å². The first-order chi connectivity index (χ1) is 18.9. The van der Waals surface area contributed by atoms with Crippen LogP contribution in [0.5, 0.6) is 0 Å². The van der Waals surface area contributed by atoms with Gasteiger partial charge in [0.1, 0.15) is 6.54 Å². The fraction of sp³-hybridized carbons (Fsp3) is 0.865. The fourth-order valence-corrected chi connectivity index (χ4v) is 5.93. The predicted molar refractivity (Wildman–Crippen MR) is 171 cm³/mol. The zero-order chi connectivity index (χ0) is 27.2. The Kier molecular flexibility index (Phi) is 31.5. The summed E-state index contributed by atoms with van der Waals surface area (Å²) in [4.78, 5) is 0. The van der Waals surface area contributed by atoms with Crippen molar-refractivity contribution in [1.29, 1.82) is 0 Å². The molecule has 0 fully saturated rings. The van der Waals surface area contributed by atoms with Crippen LogP contribution in [0.2, 0.25) is 0 Å². The molecule has 39 heavy (non-hydrogen) atoms. The van der Waals surface area contributed by atoms with Crippen LogP contribution in [0.3, 0.4) is 0 Å². The maximum Gasteiger partial charge on any atom is 0.181 e. The quantitative estimate of drug-likeness (QED) is 0.0648. The molecule has 1 nitrogen and oxygen atoms in total. The molecule has 0 spiro atoms. The van der Waals surface area contributed by atoms with Gasteiger partial charge in [-0.1, -0.05) is 180 Å². The number of aryl methyl sites for hydroxylation is 2. The van der Waals surface area contributed by atoms with Crippen molar-refractivity contribution in [3.05, 3.63) is 30.1 Å². The number of unbranched alkanes of at least 4 members (excludes halogenated alkanes) is 26. The van der Waals surface area contributed by atoms with Crippen molar-refractivity contribution in [2.45, 2.75) is 207 Å². The first-order valence-corrected chi connectivity index (χ1v) is 17.9. The lowest BCUT2D eigenvalue weighted by Crippen LogP contribution is -3.00. The van der Waals surface area contributed by atoms with E-state index in [-0.39, 0.29) is 12.4 Å². The highest BCUT2D eigenvalue weighted by atomic mass is 35.5. The van der Waals surface area contributed by atoms with Crippen molar-refractivity contribution in [3.8, 4) is 0 Å². The summed E-state index contributed by atoms with van der Waals surface area (Å²) in [6.45, 7) is 5.83. The molecule has 0 atom stereocenters. The Bertz CT molecular complexity index is 536. The van der Waals surface area contributed by atoms with Gasteiger partial charge in [-0.3, -0.25) is 0 Å². The van der Waals surface area contributed by atoms with Gasteiger partial charge >= 0.3 is 0 Å². The lowest BCUT2D eigenvalue weighted by atomic mass is 10.0. The molecule has 1 aromatic rings. The average molecular weight is 564 g/mol. The standard InChI is InChI=1S/C37H70N.ClH/c1-3-5-7-9-11-13-15-17-19-21-23-25-27-29-33-37-34-30-32-36-38(37)35-31-28-26-24-22-20-18-16-14-12-10-8-6-4-2;/h30,32,34,36H,3-29,31,33,35H2,1-2H3;1H/q+1;/p-1. The summed E-state index contributed by atoms with van der Waals surface area (Å²) >= 11 is 0. The van der Waals surface area contributed by atoms with Crippen LogP contribution in [0.15, 0.2) is 24.4 Å². The molecular weight excluding hydrogens is 494 g/mol. The molecule has 230 valence electrons. The topological polar surface area (TPSA) is 3.88 Å². The molecule has 0 N–H and O–H groups in total. The number of halogens is 1. The maximum atomic E-state index is 2.54. The normalized spacial score (nSPS) is 11.1. The minimum Gasteiger partial charge on any atom is -1.00 e. The third kappa shape index (κ3) is 26.1. The van der Waals surface area contributed by atoms with Crippen molar-refractivity contribution >= 4 is 0 Å². The molecule has 0 aliphatic rings. The average Bonchev–Trinajstić information content (AvgIpc) is 2.94. The smallest absolute Gasteiger partial charge is 0.181 e. The van der Waals surface area contributed by atoms with E-state index < -0.39 is 0 Å². The summed E-state index contributed by atoms with van der Waals surface area (Å²) < 4.78 is 2.54. The van der Waals surface area contributed by atoms with Crippen molar-refractivity contribution in [2.24, 2.45) is 0 Å². The van der Waals surface area contributed by atoms with Crippen LogP contribution >= 0.6 is 0 Å². The third-order valence-corrected chi connectivity index (χ3v) is 8.57. The van der Waals surface area contributed by atoms with Crippen LogP contribution in [0.25, 0.3) is 0 Å². The molecule has 0 aliphatic heterocycles. The van der Waals surface area contributed by atoms with Crippen molar-refractivity contribution in [1.82, 2.24) is 0 Å². The molecule has 2 heteroatoms. The summed E-state index contributed by atoms with van der Waals surface area (Å²) in [6.07, 6.45) is 43.9. The molecule has 1 aromatic heterocycles. The number of rotatable bonds is 30. The number of hydrogen-bond acceptors (Lipinski definition) is 0. The Labute approximate surface area is 253 Å². The lowest BCUT2D eigenvalue weighted by molar-refractivity contribution is -0.704. The van der Waals surface area contributed by atoms with Gasteiger partial charge in [-0.05, 0) is 12.8 Å². The molecular formula is C37H70ClN. The van der Waals surface area contributed by atoms with Crippen LogP contribution in [-0.4, -0.2) is 0 Å². The molecule has 0 amide bonds. The first-order valence-electron chi connectivity index (χ1n) is 17.9. The van der Waals surface area contributed by atoms with E-state index in [1.54, 1.807) is 5.69 Å². The van der Waals surface area contributed by atoms with E-state index in [9.17, 15) is 0 Å². The van der Waals surface area contributed by atoms with E-state index in [2.05, 4.69) is 42.8 Å². The zero-order valence-electron chi connectivity index (χ0n) is 26.8. The fourth-order valence-electron chi connectivity index (χ4n) is 5.93. The highest BCUT2D eigenvalue weighted by Crippen LogP contribution is 2.15. The largest absolute Gasteiger partial charge is 1.00 e. The Morgan fingerprint density at radius 1 is 0.410 bits per heavy atom. The van der Waals surface area contributed by atoms with Gasteiger partial charge in [0.05, 0.1) is 0 Å². The predicted octanol–water partition coefficient (Wildman–Crippen LogP) is 9.48. The van der Waals surface area contributed by atoms with E-state index in [1.165, 1.54) is 193 Å². The van der Waals surface area contributed by atoms with Gasteiger partial charge < -0.3 is 12.4 Å². The SMILES string of the molecule is CCCCCCCCCCCCCCCCc1cccc[n+]1CCCCCCCCCCCCCCCC.[Cl-]. The molecule has 1 heterocycles. The van der Waals surface area contributed by atoms with Crippen LogP contribution in [0, 0.1) is 0 Å². The molecule has 0 unspecified atom stereocenters. The van der Waals surface area contributed by atoms with Crippen LogP contribution in [0.1, 0.15) is 199 Å². The second-order valence-corrected chi connectivity index (χ2v) is 12.3. The van der Waals surface area contributed by atoms with E-state index >= 15 is 0 Å². The van der Waals surface area contributed by atoms with Crippen molar-refractivity contribution < 1.29 is 17.0 Å². The van der Waals surface area contributed by atoms with Gasteiger partial charge in [0, 0.05) is 25.0 Å². The number of nitrogens with zero attached hydrogens (tertiary/aromatic N) is 1. The van der Waals surface area contributed by atoms with Crippen LogP contribution in [-0.2, 0) is 13.0 Å². The van der Waals surface area contributed by atoms with Gasteiger partial charge in [0.25, 0.3) is 0 Å². The Morgan fingerprint density at radius 2 is 0.744 bits per heavy atom. The number of hydrogen-bond donors (Lipinski definition) is 0. The van der Waals surface area contributed by atoms with Crippen molar-refractivity contribution in [3.63, 3.8) is 0 Å². The van der Waals surface area contributed by atoms with Crippen molar-refractivity contribution in [2.75, 3.05) is 0 Å². The molecule has 0 saturated carbocycles. The van der Waals surface area contributed by atoms with Gasteiger partial charge in [0.15, 0.2) is 11.9 Å². The minimum atomic E-state index is 0. The van der Waals surface area contributed by atoms with Gasteiger partial charge in [-0.25, -0.2) is 4.57 Å². The van der Waals surface area contributed by atoms with Crippen LogP contribution in [0.4, 0.5) is 0 Å². The van der Waals surface area contributed by atoms with Crippen LogP contribution < -0.4 is 17.0 Å². The second-order valence-electron chi connectivity index (χ2n) is 12.3. The van der Waals surface area contributed by atoms with E-state index in [0.717, 1.165) is 0 Å². The summed E-state index contributed by atoms with van der Waals surface area (Å²) in [5, 5.41) is 0. The van der Waals surface area contributed by atoms with E-state index in [4.69, 9.17) is 0 Å². The monoisotopic (exact) mass is 564 g/mol. The van der Waals surface area contributed by atoms with E-state index in [1.807, 2.05) is 0 Å². The lowest BCUT2D eigenvalue weighted by Gasteiger charge is -2.06. The van der Waals surface area contributed by atoms with Gasteiger partial charge in [-0.15, -0.1) is 0 Å². The Balaban J connectivity index is 0.0000144. The molecule has 0 radical (unpaired) electrons. The summed E-state index contributed by atoms with van der Waals surface area (Å²) in [5.41, 5.74) is 1.56. The molecule has 0 aliphatic carbocycles. The Morgan fingerprint density at radius 3 is 1.13 bits per heavy atom. The molecule has 0 saturated heterocycles. The second kappa shape index (κ2) is 32.0. The highest BCUT2D eigenvalue weighted by molar-refractivity contribution is 4.97. The minimum absolute atomic E-state index is 0. The molecule has 0 aromatic carbocycles. The molecule has 1 rings (SSSR count). The Hall–Kier alpha value is -0.560. The van der Waals surface area contributed by atoms with E-state index in [0.29, 0.717) is 0 Å². The first kappa shape index (κ1) is 38.4. The third-order valence-electron chi connectivity index (χ3n) is 8.57. The molecule has 0 bridgehead atoms.